The van der Waals surface area contributed by atoms with Gasteiger partial charge in [-0.3, -0.25) is 0 Å². The molecule has 0 unspecified atom stereocenters. The Kier molecular flexibility index (Phi) is 6.43. The Labute approximate surface area is 255 Å². The summed E-state index contributed by atoms with van der Waals surface area (Å²) in [6.45, 7) is 0. The molecule has 0 bridgehead atoms. The average molecular weight is 563 g/mol. The van der Waals surface area contributed by atoms with Gasteiger partial charge in [0.1, 0.15) is 0 Å². The number of nitrogens with zero attached hydrogens (tertiary/aromatic N) is 4. The van der Waals surface area contributed by atoms with E-state index in [0.717, 1.165) is 55.4 Å². The van der Waals surface area contributed by atoms with Crippen molar-refractivity contribution in [2.45, 2.75) is 0 Å². The standard InChI is InChI=1S/C40H26N4/c1-4-14-27(15-5-1)37-34-24-13-23-32(36(34)33-22-10-11-25-35(33)41-37)30-20-12-21-31(26-30)40-43-38(28-16-6-2-7-17-28)42-39(44-40)29-18-8-3-9-19-29/h1-26H. The topological polar surface area (TPSA) is 51.6 Å². The van der Waals surface area contributed by atoms with Crippen molar-refractivity contribution in [2.24, 2.45) is 0 Å². The van der Waals surface area contributed by atoms with Crippen LogP contribution < -0.4 is 0 Å². The molecule has 8 aromatic rings. The number of hydrogen-bond acceptors (Lipinski definition) is 4. The number of aromatic nitrogens is 4. The van der Waals surface area contributed by atoms with Gasteiger partial charge in [0.05, 0.1) is 11.2 Å². The molecule has 0 amide bonds. The Hall–Kier alpha value is -6.00. The minimum absolute atomic E-state index is 0.635. The Morgan fingerprint density at radius 3 is 1.45 bits per heavy atom. The van der Waals surface area contributed by atoms with E-state index in [4.69, 9.17) is 19.9 Å². The zero-order valence-corrected chi connectivity index (χ0v) is 23.8. The first-order valence-corrected chi connectivity index (χ1v) is 14.7. The van der Waals surface area contributed by atoms with Crippen LogP contribution in [0.25, 0.3) is 78.2 Å². The molecule has 2 aromatic heterocycles. The van der Waals surface area contributed by atoms with Gasteiger partial charge in [-0.1, -0.05) is 146 Å². The van der Waals surface area contributed by atoms with Gasteiger partial charge in [0.15, 0.2) is 17.5 Å². The predicted molar refractivity (Wildman–Crippen MR) is 180 cm³/mol. The van der Waals surface area contributed by atoms with Crippen LogP contribution in [0.15, 0.2) is 158 Å². The van der Waals surface area contributed by atoms with Crippen LogP contribution in [0.4, 0.5) is 0 Å². The maximum atomic E-state index is 5.12. The second-order valence-electron chi connectivity index (χ2n) is 10.7. The quantitative estimate of drug-likeness (QED) is 0.196. The van der Waals surface area contributed by atoms with Crippen LogP contribution in [0.3, 0.4) is 0 Å². The zero-order valence-electron chi connectivity index (χ0n) is 23.8. The predicted octanol–water partition coefficient (Wildman–Crippen LogP) is 9.91. The maximum absolute atomic E-state index is 5.12. The number of benzene rings is 6. The van der Waals surface area contributed by atoms with Crippen LogP contribution in [-0.4, -0.2) is 19.9 Å². The first-order valence-electron chi connectivity index (χ1n) is 14.7. The van der Waals surface area contributed by atoms with Gasteiger partial charge < -0.3 is 0 Å². The van der Waals surface area contributed by atoms with Crippen LogP contribution in [0, 0.1) is 0 Å². The smallest absolute Gasteiger partial charge is 0.164 e. The highest BCUT2D eigenvalue weighted by molar-refractivity contribution is 6.17. The minimum Gasteiger partial charge on any atom is -0.247 e. The van der Waals surface area contributed by atoms with Crippen molar-refractivity contribution in [1.82, 2.24) is 19.9 Å². The minimum atomic E-state index is 0.635. The summed E-state index contributed by atoms with van der Waals surface area (Å²) in [5.41, 5.74) is 8.11. The highest BCUT2D eigenvalue weighted by Crippen LogP contribution is 2.39. The van der Waals surface area contributed by atoms with E-state index >= 15 is 0 Å². The molecule has 0 radical (unpaired) electrons. The third kappa shape index (κ3) is 4.69. The fraction of sp³-hybridized carbons (Fsp3) is 0. The van der Waals surface area contributed by atoms with E-state index in [1.165, 1.54) is 5.39 Å². The Morgan fingerprint density at radius 2 is 0.795 bits per heavy atom. The van der Waals surface area contributed by atoms with Gasteiger partial charge in [0.25, 0.3) is 0 Å². The molecule has 0 saturated carbocycles. The van der Waals surface area contributed by atoms with Gasteiger partial charge in [-0.15, -0.1) is 0 Å². The summed E-state index contributed by atoms with van der Waals surface area (Å²) >= 11 is 0. The lowest BCUT2D eigenvalue weighted by atomic mass is 9.92. The van der Waals surface area contributed by atoms with Gasteiger partial charge in [0.2, 0.25) is 0 Å². The van der Waals surface area contributed by atoms with Gasteiger partial charge in [-0.2, -0.15) is 0 Å². The van der Waals surface area contributed by atoms with Crippen LogP contribution in [0.2, 0.25) is 0 Å². The summed E-state index contributed by atoms with van der Waals surface area (Å²) in [7, 11) is 0. The fourth-order valence-electron chi connectivity index (χ4n) is 5.82. The zero-order chi connectivity index (χ0) is 29.3. The van der Waals surface area contributed by atoms with E-state index < -0.39 is 0 Å². The van der Waals surface area contributed by atoms with Crippen molar-refractivity contribution in [3.63, 3.8) is 0 Å². The normalized spacial score (nSPS) is 11.2. The van der Waals surface area contributed by atoms with E-state index in [1.807, 2.05) is 66.7 Å². The van der Waals surface area contributed by atoms with Gasteiger partial charge in [-0.25, -0.2) is 19.9 Å². The first kappa shape index (κ1) is 25.7. The van der Waals surface area contributed by atoms with Gasteiger partial charge in [0, 0.05) is 38.4 Å². The molecular formula is C40H26N4. The van der Waals surface area contributed by atoms with Crippen molar-refractivity contribution >= 4 is 21.7 Å². The van der Waals surface area contributed by atoms with Gasteiger partial charge in [-0.05, 0) is 23.3 Å². The lowest BCUT2D eigenvalue weighted by Crippen LogP contribution is -2.00. The highest BCUT2D eigenvalue weighted by Gasteiger charge is 2.16. The molecule has 4 nitrogen and oxygen atoms in total. The number of fused-ring (bicyclic) bond motifs is 3. The number of rotatable bonds is 5. The van der Waals surface area contributed by atoms with Crippen LogP contribution in [0.1, 0.15) is 0 Å². The van der Waals surface area contributed by atoms with Crippen molar-refractivity contribution in [2.75, 3.05) is 0 Å². The molecule has 4 heteroatoms. The van der Waals surface area contributed by atoms with Crippen LogP contribution in [-0.2, 0) is 0 Å². The second kappa shape index (κ2) is 11.0. The number of hydrogen-bond donors (Lipinski definition) is 0. The van der Waals surface area contributed by atoms with E-state index in [9.17, 15) is 0 Å². The molecule has 44 heavy (non-hydrogen) atoms. The highest BCUT2D eigenvalue weighted by atomic mass is 15.0. The van der Waals surface area contributed by atoms with Crippen LogP contribution >= 0.6 is 0 Å². The summed E-state index contributed by atoms with van der Waals surface area (Å²) in [5, 5.41) is 3.43. The monoisotopic (exact) mass is 562 g/mol. The Bertz CT molecular complexity index is 2210. The lowest BCUT2D eigenvalue weighted by molar-refractivity contribution is 1.07. The van der Waals surface area contributed by atoms with Crippen molar-refractivity contribution in [3.05, 3.63) is 158 Å². The van der Waals surface area contributed by atoms with Crippen LogP contribution in [0.5, 0.6) is 0 Å². The summed E-state index contributed by atoms with van der Waals surface area (Å²) in [6.07, 6.45) is 0. The first-order chi connectivity index (χ1) is 21.8. The molecule has 2 heterocycles. The third-order valence-corrected chi connectivity index (χ3v) is 7.90. The van der Waals surface area contributed by atoms with E-state index in [0.29, 0.717) is 17.5 Å². The summed E-state index contributed by atoms with van der Waals surface area (Å²) in [5.74, 6) is 1.93. The number of pyridine rings is 1. The third-order valence-electron chi connectivity index (χ3n) is 7.90. The molecule has 206 valence electrons. The molecule has 0 aliphatic rings. The SMILES string of the molecule is c1ccc(-c2nc(-c3ccccc3)nc(-c3cccc(-c4cccc5c(-c6ccccc6)nc6ccccc6c45)c3)n2)cc1. The molecule has 0 N–H and O–H groups in total. The molecule has 0 spiro atoms. The van der Waals surface area contributed by atoms with Crippen molar-refractivity contribution in [1.29, 1.82) is 0 Å². The largest absolute Gasteiger partial charge is 0.247 e. The molecule has 0 aliphatic heterocycles. The Balaban J connectivity index is 1.34. The lowest BCUT2D eigenvalue weighted by Gasteiger charge is -2.15. The second-order valence-corrected chi connectivity index (χ2v) is 10.7. The van der Waals surface area contributed by atoms with Gasteiger partial charge >= 0.3 is 0 Å². The molecule has 0 fully saturated rings. The van der Waals surface area contributed by atoms with Crippen molar-refractivity contribution < 1.29 is 0 Å². The summed E-state index contributed by atoms with van der Waals surface area (Å²) < 4.78 is 0. The molecule has 0 atom stereocenters. The summed E-state index contributed by atoms with van der Waals surface area (Å²) in [4.78, 5) is 19.9. The molecule has 8 rings (SSSR count). The molecule has 0 aliphatic carbocycles. The van der Waals surface area contributed by atoms with Crippen molar-refractivity contribution in [3.8, 4) is 56.5 Å². The fourth-order valence-corrected chi connectivity index (χ4v) is 5.82. The van der Waals surface area contributed by atoms with E-state index in [2.05, 4.69) is 91.0 Å². The molecule has 6 aromatic carbocycles. The maximum Gasteiger partial charge on any atom is 0.164 e. The average Bonchev–Trinajstić information content (AvgIpc) is 3.12. The number of para-hydroxylation sites is 1. The van der Waals surface area contributed by atoms with E-state index in [1.54, 1.807) is 0 Å². The van der Waals surface area contributed by atoms with E-state index in [-0.39, 0.29) is 0 Å². The molecule has 0 saturated heterocycles. The summed E-state index contributed by atoms with van der Waals surface area (Å²) in [6, 6.07) is 53.9. The molecular weight excluding hydrogens is 536 g/mol. The Morgan fingerprint density at radius 1 is 0.318 bits per heavy atom.